The van der Waals surface area contributed by atoms with Crippen molar-refractivity contribution in [3.8, 4) is 0 Å². The highest BCUT2D eigenvalue weighted by molar-refractivity contribution is 5.93. The van der Waals surface area contributed by atoms with E-state index in [1.54, 1.807) is 31.3 Å². The molecule has 0 saturated heterocycles. The van der Waals surface area contributed by atoms with Crippen LogP contribution in [0, 0.1) is 0 Å². The predicted octanol–water partition coefficient (Wildman–Crippen LogP) is 0.735. The summed E-state index contributed by atoms with van der Waals surface area (Å²) in [6.45, 7) is 0.979. The number of nitrogens with one attached hydrogen (secondary N) is 3. The number of carbonyl (C=O) groups is 2. The number of anilines is 2. The summed E-state index contributed by atoms with van der Waals surface area (Å²) in [4.78, 5) is 25.0. The molecule has 0 aliphatic heterocycles. The van der Waals surface area contributed by atoms with Gasteiger partial charge in [-0.05, 0) is 45.4 Å². The molecule has 1 rings (SSSR count). The number of amides is 2. The van der Waals surface area contributed by atoms with Gasteiger partial charge in [0, 0.05) is 24.3 Å². The molecule has 0 bridgehead atoms. The quantitative estimate of drug-likeness (QED) is 0.687. The minimum Gasteiger partial charge on any atom is -0.326 e. The van der Waals surface area contributed by atoms with Gasteiger partial charge in [0.1, 0.15) is 0 Å². The second-order valence-electron chi connectivity index (χ2n) is 4.76. The maximum absolute atomic E-state index is 11.6. The zero-order valence-electron chi connectivity index (χ0n) is 12.2. The van der Waals surface area contributed by atoms with Crippen LogP contribution in [0.4, 0.5) is 11.4 Å². The summed E-state index contributed by atoms with van der Waals surface area (Å²) in [7, 11) is 5.57. The van der Waals surface area contributed by atoms with Crippen molar-refractivity contribution in [3.63, 3.8) is 0 Å². The molecule has 6 heteroatoms. The maximum Gasteiger partial charge on any atom is 0.238 e. The standard InChI is InChI=1S/C14H22N4O2/c1-15-10-14(20)17-12-6-4-11(5-7-12)16-13(19)8-9-18(2)3/h4-7,15H,8-10H2,1-3H3,(H,16,19)(H,17,20). The Morgan fingerprint density at radius 1 is 1.00 bits per heavy atom. The summed E-state index contributed by atoms with van der Waals surface area (Å²) < 4.78 is 0. The molecule has 0 saturated carbocycles. The lowest BCUT2D eigenvalue weighted by molar-refractivity contribution is -0.116. The fourth-order valence-corrected chi connectivity index (χ4v) is 1.55. The zero-order chi connectivity index (χ0) is 15.0. The minimum absolute atomic E-state index is 0.0225. The molecule has 0 aromatic heterocycles. The van der Waals surface area contributed by atoms with E-state index in [1.807, 2.05) is 19.0 Å². The Balaban J connectivity index is 2.46. The van der Waals surface area contributed by atoms with Crippen molar-refractivity contribution in [2.75, 3.05) is 44.9 Å². The summed E-state index contributed by atoms with van der Waals surface area (Å²) >= 11 is 0. The predicted molar refractivity (Wildman–Crippen MR) is 80.8 cm³/mol. The molecule has 0 unspecified atom stereocenters. The van der Waals surface area contributed by atoms with Crippen molar-refractivity contribution in [2.24, 2.45) is 0 Å². The molecular formula is C14H22N4O2. The summed E-state index contributed by atoms with van der Waals surface area (Å²) in [5.41, 5.74) is 1.43. The third-order valence-electron chi connectivity index (χ3n) is 2.58. The fraction of sp³-hybridized carbons (Fsp3) is 0.429. The van der Waals surface area contributed by atoms with Crippen LogP contribution in [0.3, 0.4) is 0 Å². The average molecular weight is 278 g/mol. The van der Waals surface area contributed by atoms with Gasteiger partial charge in [0.25, 0.3) is 0 Å². The monoisotopic (exact) mass is 278 g/mol. The first-order chi connectivity index (χ1) is 9.51. The summed E-state index contributed by atoms with van der Waals surface area (Å²) in [6, 6.07) is 7.05. The van der Waals surface area contributed by atoms with Gasteiger partial charge in [0.05, 0.1) is 6.54 Å². The number of hydrogen-bond donors (Lipinski definition) is 3. The molecule has 1 aromatic carbocycles. The second-order valence-corrected chi connectivity index (χ2v) is 4.76. The van der Waals surface area contributed by atoms with Crippen LogP contribution in [-0.4, -0.2) is 50.9 Å². The molecule has 0 heterocycles. The van der Waals surface area contributed by atoms with Gasteiger partial charge in [0.15, 0.2) is 0 Å². The minimum atomic E-state index is -0.102. The molecule has 1 aromatic rings. The van der Waals surface area contributed by atoms with Crippen molar-refractivity contribution < 1.29 is 9.59 Å². The first-order valence-electron chi connectivity index (χ1n) is 6.50. The van der Waals surface area contributed by atoms with Crippen LogP contribution >= 0.6 is 0 Å². The van der Waals surface area contributed by atoms with E-state index in [-0.39, 0.29) is 18.4 Å². The average Bonchev–Trinajstić information content (AvgIpc) is 2.39. The number of hydrogen-bond acceptors (Lipinski definition) is 4. The summed E-state index contributed by atoms with van der Waals surface area (Å²) in [5, 5.41) is 8.33. The highest BCUT2D eigenvalue weighted by Crippen LogP contribution is 2.13. The van der Waals surface area contributed by atoms with Crippen LogP contribution in [0.15, 0.2) is 24.3 Å². The molecule has 0 aliphatic carbocycles. The Bertz CT molecular complexity index is 443. The Hall–Kier alpha value is -1.92. The Kier molecular flexibility index (Phi) is 6.69. The molecule has 20 heavy (non-hydrogen) atoms. The molecule has 0 radical (unpaired) electrons. The zero-order valence-corrected chi connectivity index (χ0v) is 12.2. The van der Waals surface area contributed by atoms with Crippen molar-refractivity contribution in [3.05, 3.63) is 24.3 Å². The van der Waals surface area contributed by atoms with Gasteiger partial charge in [-0.15, -0.1) is 0 Å². The second kappa shape index (κ2) is 8.29. The molecule has 3 N–H and O–H groups in total. The molecule has 0 atom stereocenters. The lowest BCUT2D eigenvalue weighted by Gasteiger charge is -2.10. The van der Waals surface area contributed by atoms with E-state index >= 15 is 0 Å². The van der Waals surface area contributed by atoms with Gasteiger partial charge in [-0.2, -0.15) is 0 Å². The molecule has 0 fully saturated rings. The lowest BCUT2D eigenvalue weighted by Crippen LogP contribution is -2.25. The van der Waals surface area contributed by atoms with Gasteiger partial charge in [0.2, 0.25) is 11.8 Å². The highest BCUT2D eigenvalue weighted by atomic mass is 16.2. The van der Waals surface area contributed by atoms with Crippen molar-refractivity contribution in [1.29, 1.82) is 0 Å². The Morgan fingerprint density at radius 2 is 1.50 bits per heavy atom. The van der Waals surface area contributed by atoms with E-state index in [0.717, 1.165) is 5.69 Å². The van der Waals surface area contributed by atoms with Gasteiger partial charge < -0.3 is 20.9 Å². The van der Waals surface area contributed by atoms with Crippen LogP contribution in [-0.2, 0) is 9.59 Å². The molecule has 110 valence electrons. The van der Waals surface area contributed by atoms with Crippen molar-refractivity contribution >= 4 is 23.2 Å². The van der Waals surface area contributed by atoms with Crippen LogP contribution in [0.2, 0.25) is 0 Å². The largest absolute Gasteiger partial charge is 0.326 e. The SMILES string of the molecule is CNCC(=O)Nc1ccc(NC(=O)CCN(C)C)cc1. The van der Waals surface area contributed by atoms with E-state index in [2.05, 4.69) is 16.0 Å². The molecule has 6 nitrogen and oxygen atoms in total. The van der Waals surface area contributed by atoms with Gasteiger partial charge in [-0.25, -0.2) is 0 Å². The first-order valence-corrected chi connectivity index (χ1v) is 6.50. The van der Waals surface area contributed by atoms with Crippen LogP contribution in [0.25, 0.3) is 0 Å². The highest BCUT2D eigenvalue weighted by Gasteiger charge is 2.04. The fourth-order valence-electron chi connectivity index (χ4n) is 1.55. The Labute approximate surface area is 119 Å². The van der Waals surface area contributed by atoms with E-state index in [1.165, 1.54) is 0 Å². The first kappa shape index (κ1) is 16.1. The molecule has 0 aliphatic rings. The van der Waals surface area contributed by atoms with Gasteiger partial charge in [-0.1, -0.05) is 0 Å². The van der Waals surface area contributed by atoms with Crippen molar-refractivity contribution in [2.45, 2.75) is 6.42 Å². The third kappa shape index (κ3) is 6.31. The van der Waals surface area contributed by atoms with Crippen LogP contribution < -0.4 is 16.0 Å². The molecule has 2 amide bonds. The molecule has 0 spiro atoms. The lowest BCUT2D eigenvalue weighted by atomic mass is 10.2. The third-order valence-corrected chi connectivity index (χ3v) is 2.58. The number of benzene rings is 1. The maximum atomic E-state index is 11.6. The number of likely N-dealkylation sites (N-methyl/N-ethyl adjacent to an activating group) is 1. The molecular weight excluding hydrogens is 256 g/mol. The summed E-state index contributed by atoms with van der Waals surface area (Å²) in [6.07, 6.45) is 0.452. The van der Waals surface area contributed by atoms with Gasteiger partial charge >= 0.3 is 0 Å². The van der Waals surface area contributed by atoms with E-state index < -0.39 is 0 Å². The van der Waals surface area contributed by atoms with Crippen molar-refractivity contribution in [1.82, 2.24) is 10.2 Å². The number of nitrogens with zero attached hydrogens (tertiary/aromatic N) is 1. The van der Waals surface area contributed by atoms with Gasteiger partial charge in [-0.3, -0.25) is 9.59 Å². The number of carbonyl (C=O) groups excluding carboxylic acids is 2. The summed E-state index contributed by atoms with van der Waals surface area (Å²) in [5.74, 6) is -0.124. The van der Waals surface area contributed by atoms with E-state index in [0.29, 0.717) is 18.7 Å². The topological polar surface area (TPSA) is 73.5 Å². The van der Waals surface area contributed by atoms with E-state index in [4.69, 9.17) is 0 Å². The Morgan fingerprint density at radius 3 is 1.95 bits per heavy atom. The van der Waals surface area contributed by atoms with E-state index in [9.17, 15) is 9.59 Å². The number of rotatable bonds is 7. The van der Waals surface area contributed by atoms with Crippen LogP contribution in [0.5, 0.6) is 0 Å². The smallest absolute Gasteiger partial charge is 0.238 e. The van der Waals surface area contributed by atoms with Crippen LogP contribution in [0.1, 0.15) is 6.42 Å². The normalized spacial score (nSPS) is 10.4.